The molecule has 0 fully saturated rings. The van der Waals surface area contributed by atoms with Crippen molar-refractivity contribution in [2.75, 3.05) is 20.8 Å². The minimum atomic E-state index is 0.0739. The van der Waals surface area contributed by atoms with E-state index in [1.807, 2.05) is 18.7 Å². The van der Waals surface area contributed by atoms with Crippen LogP contribution in [0.5, 0.6) is 0 Å². The summed E-state index contributed by atoms with van der Waals surface area (Å²) in [5.74, 6) is 1.29. The van der Waals surface area contributed by atoms with Crippen LogP contribution in [0.2, 0.25) is 0 Å². The van der Waals surface area contributed by atoms with Crippen LogP contribution in [0.15, 0.2) is 5.11 Å². The van der Waals surface area contributed by atoms with Gasteiger partial charge in [-0.05, 0) is 10.1 Å². The summed E-state index contributed by atoms with van der Waals surface area (Å²) < 4.78 is 3.82. The summed E-state index contributed by atoms with van der Waals surface area (Å²) in [6.45, 7) is 6.92. The molecule has 4 heteroatoms. The van der Waals surface area contributed by atoms with Crippen molar-refractivity contribution >= 4 is 11.6 Å². The highest BCUT2D eigenvalue weighted by molar-refractivity contribution is 5.95. The van der Waals surface area contributed by atoms with Crippen LogP contribution in [0.4, 0.5) is 0 Å². The lowest BCUT2D eigenvalue weighted by molar-refractivity contribution is -0.517. The number of rotatable bonds is 3. The molecule has 4 nitrogen and oxygen atoms in total. The van der Waals surface area contributed by atoms with Crippen molar-refractivity contribution in [2.24, 2.45) is 10.5 Å². The first-order chi connectivity index (χ1) is 6.79. The molecule has 0 saturated heterocycles. The second-order valence-electron chi connectivity index (χ2n) is 5.37. The Morgan fingerprint density at radius 1 is 1.40 bits per heavy atom. The van der Waals surface area contributed by atoms with Crippen molar-refractivity contribution in [3.8, 4) is 0 Å². The Hall–Kier alpha value is -1.06. The van der Waals surface area contributed by atoms with Crippen LogP contribution >= 0.6 is 0 Å². The molecular formula is C11H21N3O+2. The maximum absolute atomic E-state index is 11.8. The molecule has 0 radical (unpaired) electrons. The molecule has 0 saturated carbocycles. The van der Waals surface area contributed by atoms with Gasteiger partial charge in [-0.1, -0.05) is 20.8 Å². The van der Waals surface area contributed by atoms with Gasteiger partial charge in [-0.15, -0.1) is 0 Å². The lowest BCUT2D eigenvalue weighted by atomic mass is 9.89. The first-order valence-corrected chi connectivity index (χ1v) is 5.29. The average Bonchev–Trinajstić information content (AvgIpc) is 2.32. The standard InChI is InChI=1S/C11H21N3O/c1-11(2,3)7-9(15)6-10-13(4)8-12-14(10)5/h6-8H2,1-5H3/q+2. The van der Waals surface area contributed by atoms with Gasteiger partial charge in [0.15, 0.2) is 19.3 Å². The summed E-state index contributed by atoms with van der Waals surface area (Å²) >= 11 is 0. The highest BCUT2D eigenvalue weighted by Gasteiger charge is 2.32. The third-order valence-corrected chi connectivity index (χ3v) is 2.38. The number of nitrogens with zero attached hydrogens (tertiary/aromatic N) is 3. The van der Waals surface area contributed by atoms with Gasteiger partial charge in [0.25, 0.3) is 6.67 Å². The molecule has 0 aromatic rings. The Kier molecular flexibility index (Phi) is 3.37. The molecule has 0 bridgehead atoms. The zero-order valence-electron chi connectivity index (χ0n) is 10.4. The zero-order chi connectivity index (χ0) is 11.6. The Bertz CT molecular complexity index is 334. The minimum Gasteiger partial charge on any atom is -0.299 e. The van der Waals surface area contributed by atoms with E-state index in [0.717, 1.165) is 5.84 Å². The lowest BCUT2D eigenvalue weighted by Gasteiger charge is -2.15. The Labute approximate surface area is 91.3 Å². The molecular weight excluding hydrogens is 190 g/mol. The molecule has 84 valence electrons. The molecule has 0 amide bonds. The third-order valence-electron chi connectivity index (χ3n) is 2.38. The monoisotopic (exact) mass is 211 g/mol. The molecule has 0 N–H and O–H groups in total. The van der Waals surface area contributed by atoms with Crippen LogP contribution < -0.4 is 0 Å². The van der Waals surface area contributed by atoms with Crippen molar-refractivity contribution in [3.63, 3.8) is 0 Å². The predicted molar refractivity (Wildman–Crippen MR) is 58.4 cm³/mol. The van der Waals surface area contributed by atoms with Crippen molar-refractivity contribution in [2.45, 2.75) is 33.6 Å². The molecule has 1 rings (SSSR count). The van der Waals surface area contributed by atoms with E-state index in [4.69, 9.17) is 0 Å². The minimum absolute atomic E-state index is 0.0739. The van der Waals surface area contributed by atoms with Crippen LogP contribution in [0, 0.1) is 5.41 Å². The summed E-state index contributed by atoms with van der Waals surface area (Å²) in [7, 11) is 3.86. The number of Topliss-reactive ketones (excluding diaryl/α,β-unsaturated/α-hetero) is 1. The number of hydrogen-bond donors (Lipinski definition) is 0. The fourth-order valence-electron chi connectivity index (χ4n) is 1.68. The number of hydrogen-bond acceptors (Lipinski definition) is 2. The number of carbonyl (C=O) groups is 1. The van der Waals surface area contributed by atoms with E-state index in [-0.39, 0.29) is 11.2 Å². The second-order valence-corrected chi connectivity index (χ2v) is 5.37. The van der Waals surface area contributed by atoms with E-state index < -0.39 is 0 Å². The van der Waals surface area contributed by atoms with E-state index in [9.17, 15) is 4.79 Å². The number of azo groups is 2. The molecule has 0 atom stereocenters. The van der Waals surface area contributed by atoms with Crippen LogP contribution in [-0.2, 0) is 4.79 Å². The lowest BCUT2D eigenvalue weighted by Crippen LogP contribution is -2.25. The van der Waals surface area contributed by atoms with Crippen molar-refractivity contribution in [1.29, 1.82) is 0 Å². The van der Waals surface area contributed by atoms with Crippen LogP contribution in [-0.4, -0.2) is 41.7 Å². The zero-order valence-corrected chi connectivity index (χ0v) is 10.4. The molecule has 0 aromatic carbocycles. The van der Waals surface area contributed by atoms with Gasteiger partial charge >= 0.3 is 5.84 Å². The Morgan fingerprint density at radius 3 is 2.40 bits per heavy atom. The van der Waals surface area contributed by atoms with Crippen LogP contribution in [0.3, 0.4) is 0 Å². The average molecular weight is 211 g/mol. The highest BCUT2D eigenvalue weighted by Crippen LogP contribution is 2.19. The van der Waals surface area contributed by atoms with Gasteiger partial charge in [0, 0.05) is 11.5 Å². The van der Waals surface area contributed by atoms with Crippen molar-refractivity contribution < 1.29 is 14.1 Å². The summed E-state index contributed by atoms with van der Waals surface area (Å²) in [4.78, 5) is 11.8. The number of amidine groups is 1. The quantitative estimate of drug-likeness (QED) is 0.651. The Morgan fingerprint density at radius 2 is 2.00 bits per heavy atom. The summed E-state index contributed by atoms with van der Waals surface area (Å²) in [5.41, 5.74) is 0.0739. The summed E-state index contributed by atoms with van der Waals surface area (Å²) in [6, 6.07) is 0. The Balaban J connectivity index is 2.60. The second kappa shape index (κ2) is 4.21. The smallest absolute Gasteiger partial charge is 0.299 e. The number of carbonyl (C=O) groups excluding carboxylic acids is 1. The molecule has 1 heterocycles. The van der Waals surface area contributed by atoms with Crippen molar-refractivity contribution in [3.05, 3.63) is 0 Å². The van der Waals surface area contributed by atoms with E-state index in [1.165, 1.54) is 0 Å². The van der Waals surface area contributed by atoms with Crippen molar-refractivity contribution in [1.82, 2.24) is 0 Å². The van der Waals surface area contributed by atoms with E-state index in [0.29, 0.717) is 19.5 Å². The van der Waals surface area contributed by atoms with Gasteiger partial charge < -0.3 is 0 Å². The summed E-state index contributed by atoms with van der Waals surface area (Å²) in [6.07, 6.45) is 1.12. The molecule has 0 aromatic heterocycles. The predicted octanol–water partition coefficient (Wildman–Crippen LogP) is 1.49. The van der Waals surface area contributed by atoms with Crippen LogP contribution in [0.1, 0.15) is 33.6 Å². The van der Waals surface area contributed by atoms with Gasteiger partial charge in [0.2, 0.25) is 0 Å². The van der Waals surface area contributed by atoms with Gasteiger partial charge in [-0.2, -0.15) is 4.58 Å². The molecule has 1 aliphatic heterocycles. The van der Waals surface area contributed by atoms with E-state index >= 15 is 0 Å². The van der Waals surface area contributed by atoms with Gasteiger partial charge in [0.05, 0.1) is 0 Å². The largest absolute Gasteiger partial charge is 0.446 e. The number of ketones is 1. The maximum Gasteiger partial charge on any atom is 0.446 e. The van der Waals surface area contributed by atoms with Gasteiger partial charge in [-0.25, -0.2) is 0 Å². The van der Waals surface area contributed by atoms with Gasteiger partial charge in [-0.3, -0.25) is 4.79 Å². The highest BCUT2D eigenvalue weighted by atomic mass is 16.1. The van der Waals surface area contributed by atoms with Gasteiger partial charge in [0.1, 0.15) is 7.05 Å². The fourth-order valence-corrected chi connectivity index (χ4v) is 1.68. The van der Waals surface area contributed by atoms with Crippen LogP contribution in [0.25, 0.3) is 0 Å². The van der Waals surface area contributed by atoms with E-state index in [2.05, 4.69) is 25.9 Å². The van der Waals surface area contributed by atoms with E-state index in [1.54, 1.807) is 4.70 Å². The first kappa shape index (κ1) is 12.0. The molecule has 15 heavy (non-hydrogen) atoms. The summed E-state index contributed by atoms with van der Waals surface area (Å²) in [5, 5.41) is 4.22. The molecule has 0 unspecified atom stereocenters. The third kappa shape index (κ3) is 3.53. The fraction of sp³-hybridized carbons (Fsp3) is 0.818. The molecule has 0 spiro atoms. The molecule has 1 aliphatic rings. The molecule has 0 aliphatic carbocycles. The topological polar surface area (TPSA) is 35.5 Å². The maximum atomic E-state index is 11.8. The SMILES string of the molecule is C[N+]1=NC[N+](C)=C1CC(=O)CC(C)(C)C. The first-order valence-electron chi connectivity index (χ1n) is 5.29. The normalized spacial score (nSPS) is 17.0.